The van der Waals surface area contributed by atoms with Crippen LogP contribution in [0.1, 0.15) is 67.0 Å². The van der Waals surface area contributed by atoms with E-state index in [1.54, 1.807) is 6.20 Å². The van der Waals surface area contributed by atoms with Gasteiger partial charge in [-0.05, 0) is 68.6 Å². The third kappa shape index (κ3) is 4.32. The number of phenolic OH excluding ortho intramolecular Hbond substituents is 1. The molecule has 2 N–H and O–H groups in total. The summed E-state index contributed by atoms with van der Waals surface area (Å²) in [5.41, 5.74) is 0.191. The number of nitrogens with one attached hydrogen (secondary N) is 1. The molecular weight excluding hydrogens is 562 g/mol. The number of piperazine rings is 1. The lowest BCUT2D eigenvalue weighted by Crippen LogP contribution is -2.61. The van der Waals surface area contributed by atoms with Crippen LogP contribution in [0.15, 0.2) is 18.3 Å². The molecule has 1 saturated carbocycles. The third-order valence-corrected chi connectivity index (χ3v) is 10.2. The van der Waals surface area contributed by atoms with Crippen LogP contribution in [0.2, 0.25) is 5.02 Å². The van der Waals surface area contributed by atoms with Gasteiger partial charge in [0, 0.05) is 57.7 Å². The predicted molar refractivity (Wildman–Crippen MR) is 157 cm³/mol. The Bertz CT molecular complexity index is 1690. The second kappa shape index (κ2) is 10.1. The van der Waals surface area contributed by atoms with Crippen LogP contribution in [0.3, 0.4) is 0 Å². The quantitative estimate of drug-likeness (QED) is 0.392. The summed E-state index contributed by atoms with van der Waals surface area (Å²) in [6.07, 6.45) is 4.44. The van der Waals surface area contributed by atoms with Gasteiger partial charge in [-0.15, -0.1) is 0 Å². The van der Waals surface area contributed by atoms with Crippen molar-refractivity contribution in [1.29, 1.82) is 0 Å². The summed E-state index contributed by atoms with van der Waals surface area (Å²) in [5, 5.41) is 14.8. The molecule has 11 heteroatoms. The minimum absolute atomic E-state index is 0.0105. The minimum atomic E-state index is -2.31. The first kappa shape index (κ1) is 23.6. The number of benzene rings is 1. The van der Waals surface area contributed by atoms with Crippen LogP contribution < -0.4 is 15.0 Å². The topological polar surface area (TPSA) is 86.6 Å². The van der Waals surface area contributed by atoms with Gasteiger partial charge in [0.25, 0.3) is 0 Å². The number of alkyl halides is 1. The highest BCUT2D eigenvalue weighted by molar-refractivity contribution is 6.32. The van der Waals surface area contributed by atoms with Crippen LogP contribution in [0.4, 0.5) is 14.6 Å². The van der Waals surface area contributed by atoms with Crippen LogP contribution in [-0.2, 0) is 0 Å². The molecule has 5 saturated heterocycles. The van der Waals surface area contributed by atoms with Crippen molar-refractivity contribution in [3.05, 3.63) is 34.7 Å². The molecule has 0 amide bonds. The van der Waals surface area contributed by atoms with Crippen molar-refractivity contribution in [2.24, 2.45) is 0 Å². The van der Waals surface area contributed by atoms with Crippen LogP contribution in [0.5, 0.6) is 11.8 Å². The Balaban J connectivity index is 1.23. The highest BCUT2D eigenvalue weighted by Gasteiger charge is 2.49. The first-order chi connectivity index (χ1) is 21.4. The summed E-state index contributed by atoms with van der Waals surface area (Å²) in [6, 6.07) is 3.28. The second-order valence-corrected chi connectivity index (χ2v) is 12.9. The zero-order valence-corrected chi connectivity index (χ0v) is 23.9. The number of fused-ring (bicyclic) bond motifs is 5. The first-order valence-corrected chi connectivity index (χ1v) is 15.3. The highest BCUT2D eigenvalue weighted by atomic mass is 35.5. The summed E-state index contributed by atoms with van der Waals surface area (Å²) in [6.45, 7) is -0.808. The molecule has 1 aliphatic carbocycles. The van der Waals surface area contributed by atoms with Crippen molar-refractivity contribution in [3.8, 4) is 23.0 Å². The molecule has 0 radical (unpaired) electrons. The molecule has 5 aliphatic heterocycles. The Morgan fingerprint density at radius 1 is 1.21 bits per heavy atom. The molecule has 1 aromatic carbocycles. The average molecular weight is 600 g/mol. The monoisotopic (exact) mass is 599 g/mol. The summed E-state index contributed by atoms with van der Waals surface area (Å²) < 4.78 is 62.8. The van der Waals surface area contributed by atoms with Gasteiger partial charge in [-0.1, -0.05) is 18.0 Å². The molecule has 42 heavy (non-hydrogen) atoms. The van der Waals surface area contributed by atoms with E-state index in [-0.39, 0.29) is 67.0 Å². The number of ether oxygens (including phenoxy) is 1. The summed E-state index contributed by atoms with van der Waals surface area (Å²) in [7, 11) is 0. The van der Waals surface area contributed by atoms with Crippen molar-refractivity contribution in [1.82, 2.24) is 25.2 Å². The number of anilines is 1. The normalized spacial score (nSPS) is 33.3. The second-order valence-electron chi connectivity index (χ2n) is 12.5. The summed E-state index contributed by atoms with van der Waals surface area (Å²) in [4.78, 5) is 17.4. The Hall–Kier alpha value is -2.82. The molecule has 2 aromatic heterocycles. The van der Waals surface area contributed by atoms with E-state index in [2.05, 4.69) is 20.2 Å². The van der Waals surface area contributed by atoms with Crippen molar-refractivity contribution < 1.29 is 22.7 Å². The Morgan fingerprint density at radius 2 is 2.10 bits per heavy atom. The minimum Gasteiger partial charge on any atom is -0.508 e. The van der Waals surface area contributed by atoms with E-state index in [0.717, 1.165) is 44.2 Å². The lowest BCUT2D eigenvalue weighted by atomic mass is 9.77. The van der Waals surface area contributed by atoms with Gasteiger partial charge in [0.2, 0.25) is 0 Å². The van der Waals surface area contributed by atoms with Crippen molar-refractivity contribution in [2.75, 3.05) is 37.6 Å². The fraction of sp³-hybridized carbons (Fsp3) is 0.581. The summed E-state index contributed by atoms with van der Waals surface area (Å²) in [5.74, 6) is -0.128. The smallest absolute Gasteiger partial charge is 0.319 e. The third-order valence-electron chi connectivity index (χ3n) is 9.93. The fourth-order valence-electron chi connectivity index (χ4n) is 7.49. The maximum absolute atomic E-state index is 16.8. The van der Waals surface area contributed by atoms with Gasteiger partial charge in [0.1, 0.15) is 35.5 Å². The Kier molecular flexibility index (Phi) is 5.70. The molecule has 7 heterocycles. The fourth-order valence-corrected chi connectivity index (χ4v) is 7.86. The number of pyridine rings is 1. The van der Waals surface area contributed by atoms with E-state index < -0.39 is 24.0 Å². The van der Waals surface area contributed by atoms with Crippen molar-refractivity contribution in [2.45, 2.75) is 81.1 Å². The number of aromatic nitrogens is 3. The lowest BCUT2D eigenvalue weighted by Gasteiger charge is -2.46. The molecule has 0 spiro atoms. The number of aromatic hydroxyl groups is 1. The van der Waals surface area contributed by atoms with Crippen LogP contribution in [-0.4, -0.2) is 81.5 Å². The molecule has 2 bridgehead atoms. The van der Waals surface area contributed by atoms with E-state index in [1.807, 2.05) is 0 Å². The number of halogens is 3. The molecule has 6 aliphatic rings. The molecule has 8 nitrogen and oxygen atoms in total. The maximum atomic E-state index is 16.8. The Morgan fingerprint density at radius 3 is 2.83 bits per heavy atom. The molecule has 6 fully saturated rings. The molecule has 9 rings (SSSR count). The SMILES string of the molecule is [2H]C1([2H])CC[C@]2(COc3nc(N4CC5CCC4CN5)c4cnc(-c5cc(O)cc(Cl)c5C5CCC5)c(F)c4n3)C[C@]([2H])(F)CN12. The van der Waals surface area contributed by atoms with Gasteiger partial charge in [-0.3, -0.25) is 9.88 Å². The number of piperidine rings is 2. The van der Waals surface area contributed by atoms with Gasteiger partial charge >= 0.3 is 6.01 Å². The highest BCUT2D eigenvalue weighted by Crippen LogP contribution is 2.47. The lowest BCUT2D eigenvalue weighted by molar-refractivity contribution is 0.107. The zero-order chi connectivity index (χ0) is 31.3. The van der Waals surface area contributed by atoms with E-state index in [4.69, 9.17) is 25.4 Å². The van der Waals surface area contributed by atoms with Gasteiger partial charge in [-0.25, -0.2) is 8.78 Å². The van der Waals surface area contributed by atoms with Crippen LogP contribution in [0, 0.1) is 5.82 Å². The number of rotatable bonds is 6. The first-order valence-electron chi connectivity index (χ1n) is 16.4. The molecule has 222 valence electrons. The average Bonchev–Trinajstić information content (AvgIpc) is 3.40. The Labute approximate surface area is 252 Å². The summed E-state index contributed by atoms with van der Waals surface area (Å²) >= 11 is 6.60. The molecular formula is C31H35ClF2N6O2. The van der Waals surface area contributed by atoms with E-state index in [9.17, 15) is 9.50 Å². The largest absolute Gasteiger partial charge is 0.508 e. The number of phenols is 1. The van der Waals surface area contributed by atoms with Crippen molar-refractivity contribution >= 4 is 28.3 Å². The van der Waals surface area contributed by atoms with Gasteiger partial charge in [-0.2, -0.15) is 9.97 Å². The van der Waals surface area contributed by atoms with Gasteiger partial charge in [0.15, 0.2) is 5.82 Å². The van der Waals surface area contributed by atoms with Crippen LogP contribution in [0.25, 0.3) is 22.2 Å². The number of nitrogens with zero attached hydrogens (tertiary/aromatic N) is 5. The molecule has 3 aromatic rings. The van der Waals surface area contributed by atoms with Gasteiger partial charge in [0.05, 0.1) is 12.3 Å². The van der Waals surface area contributed by atoms with E-state index in [1.165, 1.54) is 17.0 Å². The van der Waals surface area contributed by atoms with E-state index in [0.29, 0.717) is 34.8 Å². The van der Waals surface area contributed by atoms with Crippen molar-refractivity contribution in [3.63, 3.8) is 0 Å². The number of hydrogen-bond donors (Lipinski definition) is 2. The number of hydrogen-bond acceptors (Lipinski definition) is 8. The van der Waals surface area contributed by atoms with E-state index >= 15 is 4.39 Å². The predicted octanol–water partition coefficient (Wildman–Crippen LogP) is 5.35. The van der Waals surface area contributed by atoms with Crippen LogP contribution >= 0.6 is 11.6 Å². The van der Waals surface area contributed by atoms with Gasteiger partial charge < -0.3 is 20.1 Å². The molecule has 2 unspecified atom stereocenters. The standard InChI is InChI=1S/C31H35ClF2N6O2/c32-24-10-21(41)9-22(25(24)17-3-1-4-17)27-26(34)28-23(13-36-27)29(40-15-19-5-6-20(40)12-35-19)38-30(37-28)42-16-31-7-2-8-39(31)14-18(33)11-31/h9-10,13,17-20,35,41H,1-8,11-12,14-16H2/t18-,19?,20?,31+/m0/s1/i8D2,18D. The molecule has 4 atom stereocenters. The maximum Gasteiger partial charge on any atom is 0.319 e. The zero-order valence-electron chi connectivity index (χ0n) is 26.2.